The first kappa shape index (κ1) is 20.3. The van der Waals surface area contributed by atoms with E-state index in [1.54, 1.807) is 0 Å². The molecule has 134 valence electrons. The highest BCUT2D eigenvalue weighted by molar-refractivity contribution is 7.91. The molecule has 0 aliphatic heterocycles. The average Bonchev–Trinajstić information content (AvgIpc) is 2.35. The van der Waals surface area contributed by atoms with Crippen LogP contribution < -0.4 is 5.32 Å². The molecule has 0 aromatic rings. The summed E-state index contributed by atoms with van der Waals surface area (Å²) in [6, 6.07) is 0.0943. The van der Waals surface area contributed by atoms with Crippen LogP contribution in [0.3, 0.4) is 0 Å². The second kappa shape index (κ2) is 7.88. The Labute approximate surface area is 144 Å². The van der Waals surface area contributed by atoms with Gasteiger partial charge in [0.25, 0.3) is 0 Å². The maximum atomic E-state index is 12.2. The molecule has 6 heteroatoms. The Bertz CT molecular complexity index is 438. The predicted molar refractivity (Wildman–Crippen MR) is 96.1 cm³/mol. The molecule has 5 nitrogen and oxygen atoms in total. The van der Waals surface area contributed by atoms with E-state index in [0.29, 0.717) is 0 Å². The second-order valence-electron chi connectivity index (χ2n) is 8.30. The van der Waals surface area contributed by atoms with Crippen molar-refractivity contribution in [3.05, 3.63) is 0 Å². The van der Waals surface area contributed by atoms with Gasteiger partial charge in [-0.2, -0.15) is 0 Å². The topological polar surface area (TPSA) is 73.8 Å². The standard InChI is InChI=1S/C17H32N2O3S/c1-12(19-23(21)17(5,6)7)13-9-8-10-14(11-13)18-15(20)22-16(2,3)4/h13-14H,8-11H2,1-7H3,(H,18,20)/b19-12+/t13-,14+,23+/m1/s1. The lowest BCUT2D eigenvalue weighted by atomic mass is 9.83. The first-order valence-corrected chi connectivity index (χ1v) is 9.46. The van der Waals surface area contributed by atoms with Crippen LogP contribution in [0.25, 0.3) is 0 Å². The van der Waals surface area contributed by atoms with Gasteiger partial charge in [0.2, 0.25) is 0 Å². The predicted octanol–water partition coefficient (Wildman–Crippen LogP) is 3.99. The summed E-state index contributed by atoms with van der Waals surface area (Å²) < 4.78 is 21.5. The molecule has 0 spiro atoms. The van der Waals surface area contributed by atoms with Crippen LogP contribution in [0.15, 0.2) is 4.40 Å². The van der Waals surface area contributed by atoms with Crippen LogP contribution in [0.1, 0.15) is 74.1 Å². The molecule has 0 heterocycles. The fourth-order valence-electron chi connectivity index (χ4n) is 2.52. The lowest BCUT2D eigenvalue weighted by Gasteiger charge is -2.30. The number of ether oxygens (including phenoxy) is 1. The van der Waals surface area contributed by atoms with Crippen LogP contribution in [0.2, 0.25) is 0 Å². The lowest BCUT2D eigenvalue weighted by Crippen LogP contribution is -2.42. The third-order valence-electron chi connectivity index (χ3n) is 3.74. The third-order valence-corrected chi connectivity index (χ3v) is 5.24. The van der Waals surface area contributed by atoms with Crippen molar-refractivity contribution in [3.8, 4) is 0 Å². The van der Waals surface area contributed by atoms with Gasteiger partial charge >= 0.3 is 6.09 Å². The average molecular weight is 345 g/mol. The molecule has 0 aromatic heterocycles. The highest BCUT2D eigenvalue weighted by Crippen LogP contribution is 2.27. The van der Waals surface area contributed by atoms with Gasteiger partial charge in [-0.25, -0.2) is 4.79 Å². The number of rotatable bonds is 3. The van der Waals surface area contributed by atoms with Gasteiger partial charge in [-0.3, -0.25) is 0 Å². The number of hydrogen-bond acceptors (Lipinski definition) is 4. The Hall–Kier alpha value is -0.750. The second-order valence-corrected chi connectivity index (χ2v) is 10.2. The summed E-state index contributed by atoms with van der Waals surface area (Å²) in [5.74, 6) is 0.273. The first-order valence-electron chi connectivity index (χ1n) is 8.35. The number of alkyl carbamates (subject to hydrolysis) is 1. The van der Waals surface area contributed by atoms with Crippen LogP contribution in [0, 0.1) is 5.92 Å². The number of amides is 1. The quantitative estimate of drug-likeness (QED) is 0.621. The molecule has 1 amide bonds. The number of hydrogen-bond donors (Lipinski definition) is 1. The molecule has 1 aliphatic carbocycles. The van der Waals surface area contributed by atoms with Crippen LogP contribution >= 0.6 is 0 Å². The summed E-state index contributed by atoms with van der Waals surface area (Å²) in [5, 5.41) is 2.95. The van der Waals surface area contributed by atoms with Crippen molar-refractivity contribution in [1.82, 2.24) is 5.32 Å². The van der Waals surface area contributed by atoms with E-state index in [-0.39, 0.29) is 22.8 Å². The molecule has 23 heavy (non-hydrogen) atoms. The molecule has 1 aliphatic rings. The third kappa shape index (κ3) is 7.57. The van der Waals surface area contributed by atoms with Crippen LogP contribution in [-0.4, -0.2) is 32.7 Å². The van der Waals surface area contributed by atoms with E-state index in [1.807, 2.05) is 48.5 Å². The van der Waals surface area contributed by atoms with Gasteiger partial charge in [0, 0.05) is 12.0 Å². The van der Waals surface area contributed by atoms with Gasteiger partial charge in [-0.1, -0.05) is 10.8 Å². The minimum absolute atomic E-state index is 0.0943. The first-order chi connectivity index (χ1) is 10.4. The highest BCUT2D eigenvalue weighted by atomic mass is 32.2. The van der Waals surface area contributed by atoms with Crippen LogP contribution in [-0.2, 0) is 16.1 Å². The number of carbonyl (C=O) groups excluding carboxylic acids is 1. The smallest absolute Gasteiger partial charge is 0.407 e. The monoisotopic (exact) mass is 344 g/mol. The Balaban J connectivity index is 2.61. The van der Waals surface area contributed by atoms with Gasteiger partial charge in [-0.05, 0) is 67.7 Å². The van der Waals surface area contributed by atoms with E-state index in [9.17, 15) is 9.35 Å². The van der Waals surface area contributed by atoms with Gasteiger partial charge in [0.1, 0.15) is 21.7 Å². The summed E-state index contributed by atoms with van der Waals surface area (Å²) in [4.78, 5) is 11.9. The molecule has 1 saturated carbocycles. The molecule has 3 atom stereocenters. The summed E-state index contributed by atoms with van der Waals surface area (Å²) in [7, 11) is 0. The van der Waals surface area contributed by atoms with Crippen molar-refractivity contribution in [3.63, 3.8) is 0 Å². The zero-order valence-electron chi connectivity index (χ0n) is 15.6. The molecule has 1 rings (SSSR count). The summed E-state index contributed by atoms with van der Waals surface area (Å²) in [6.07, 6.45) is 3.47. The summed E-state index contributed by atoms with van der Waals surface area (Å²) >= 11 is -1.23. The minimum atomic E-state index is -1.23. The summed E-state index contributed by atoms with van der Waals surface area (Å²) in [6.45, 7) is 13.3. The summed E-state index contributed by atoms with van der Waals surface area (Å²) in [5.41, 5.74) is 0.438. The van der Waals surface area contributed by atoms with E-state index >= 15 is 0 Å². The van der Waals surface area contributed by atoms with Crippen molar-refractivity contribution in [2.75, 3.05) is 0 Å². The van der Waals surface area contributed by atoms with Crippen LogP contribution in [0.4, 0.5) is 4.79 Å². The maximum absolute atomic E-state index is 12.2. The van der Waals surface area contributed by atoms with E-state index in [1.165, 1.54) is 0 Å². The molecule has 0 unspecified atom stereocenters. The zero-order chi connectivity index (χ0) is 17.8. The van der Waals surface area contributed by atoms with E-state index in [2.05, 4.69) is 9.71 Å². The maximum Gasteiger partial charge on any atom is 0.407 e. The van der Waals surface area contributed by atoms with Crippen molar-refractivity contribution in [2.24, 2.45) is 10.3 Å². The molecular formula is C17H32N2O3S. The molecule has 1 N–H and O–H groups in total. The molecule has 0 saturated heterocycles. The molecule has 1 fully saturated rings. The Morgan fingerprint density at radius 2 is 1.83 bits per heavy atom. The normalized spacial score (nSPS) is 25.0. The molecule has 0 radical (unpaired) electrons. The molecule has 0 bridgehead atoms. The lowest BCUT2D eigenvalue weighted by molar-refractivity contribution is 0.0489. The van der Waals surface area contributed by atoms with E-state index < -0.39 is 17.0 Å². The Kier molecular flexibility index (Phi) is 6.95. The van der Waals surface area contributed by atoms with Gasteiger partial charge in [0.15, 0.2) is 0 Å². The van der Waals surface area contributed by atoms with Crippen molar-refractivity contribution >= 4 is 23.2 Å². The van der Waals surface area contributed by atoms with Crippen molar-refractivity contribution in [2.45, 2.75) is 90.5 Å². The van der Waals surface area contributed by atoms with E-state index in [4.69, 9.17) is 4.74 Å². The zero-order valence-corrected chi connectivity index (χ0v) is 16.4. The fraction of sp³-hybridized carbons (Fsp3) is 0.882. The van der Waals surface area contributed by atoms with Gasteiger partial charge in [-0.15, -0.1) is 0 Å². The largest absolute Gasteiger partial charge is 0.591 e. The van der Waals surface area contributed by atoms with E-state index in [0.717, 1.165) is 31.4 Å². The Morgan fingerprint density at radius 1 is 1.22 bits per heavy atom. The van der Waals surface area contributed by atoms with Gasteiger partial charge < -0.3 is 14.6 Å². The number of nitrogens with zero attached hydrogens (tertiary/aromatic N) is 1. The Morgan fingerprint density at radius 3 is 2.35 bits per heavy atom. The molecular weight excluding hydrogens is 312 g/mol. The SMILES string of the molecule is C/C(=N\[S@@+]([O-])C(C)(C)C)[C@@H]1CCC[C@H](NC(=O)OC(C)(C)C)C1. The van der Waals surface area contributed by atoms with Gasteiger partial charge in [0.05, 0.1) is 5.71 Å². The molecule has 0 aromatic carbocycles. The number of carbonyl (C=O) groups is 1. The van der Waals surface area contributed by atoms with Crippen molar-refractivity contribution < 1.29 is 14.1 Å². The number of nitrogens with one attached hydrogen (secondary N) is 1. The van der Waals surface area contributed by atoms with Crippen molar-refractivity contribution in [1.29, 1.82) is 0 Å². The highest BCUT2D eigenvalue weighted by Gasteiger charge is 2.30. The fourth-order valence-corrected chi connectivity index (χ4v) is 3.20. The minimum Gasteiger partial charge on any atom is -0.591 e. The van der Waals surface area contributed by atoms with Crippen LogP contribution in [0.5, 0.6) is 0 Å².